The fraction of sp³-hybridized carbons (Fsp3) is 0.955. The lowest BCUT2D eigenvalue weighted by Crippen LogP contribution is -2.66. The third kappa shape index (κ3) is 32.2. The second kappa shape index (κ2) is 50.1. The minimum absolute atomic E-state index is 0.249. The van der Waals surface area contributed by atoms with Crippen LogP contribution in [0.25, 0.3) is 0 Å². The average molecular weight is 1230 g/mol. The maximum atomic E-state index is 13.3. The molecule has 0 aromatic carbocycles. The largest absolute Gasteiger partial charge is 0.394 e. The van der Waals surface area contributed by atoms with Gasteiger partial charge in [0, 0.05) is 6.42 Å². The highest BCUT2D eigenvalue weighted by Crippen LogP contribution is 2.33. The van der Waals surface area contributed by atoms with Gasteiger partial charge in [-0.15, -0.1) is 0 Å². The zero-order valence-corrected chi connectivity index (χ0v) is 53.6. The van der Waals surface area contributed by atoms with Gasteiger partial charge in [-0.3, -0.25) is 4.79 Å². The number of rotatable bonds is 54. The molecule has 1 amide bonds. The van der Waals surface area contributed by atoms with Gasteiger partial charge in [-0.25, -0.2) is 0 Å². The highest BCUT2D eigenvalue weighted by molar-refractivity contribution is 5.76. The molecule has 3 saturated heterocycles. The Hall–Kier alpha value is -1.47. The number of allylic oxidation sites excluding steroid dienone is 1. The van der Waals surface area contributed by atoms with Crippen LogP contribution in [0.1, 0.15) is 277 Å². The van der Waals surface area contributed by atoms with Crippen molar-refractivity contribution in [2.24, 2.45) is 0 Å². The molecule has 17 atom stereocenters. The van der Waals surface area contributed by atoms with Crippen molar-refractivity contribution < 1.29 is 89.4 Å². The molecule has 0 spiro atoms. The van der Waals surface area contributed by atoms with Gasteiger partial charge in [0.05, 0.1) is 38.6 Å². The van der Waals surface area contributed by atoms with Crippen molar-refractivity contribution in [2.75, 3.05) is 26.4 Å². The van der Waals surface area contributed by atoms with Gasteiger partial charge in [-0.05, 0) is 19.3 Å². The van der Waals surface area contributed by atoms with Crippen LogP contribution in [0.5, 0.6) is 0 Å². The van der Waals surface area contributed by atoms with Crippen molar-refractivity contribution in [3.05, 3.63) is 12.2 Å². The minimum atomic E-state index is -1.98. The number of unbranched alkanes of at least 4 members (excludes halogenated alkanes) is 38. The second-order valence-corrected chi connectivity index (χ2v) is 25.4. The predicted molar refractivity (Wildman–Crippen MR) is 333 cm³/mol. The lowest BCUT2D eigenvalue weighted by atomic mass is 9.96. The fourth-order valence-corrected chi connectivity index (χ4v) is 12.1. The van der Waals surface area contributed by atoms with Crippen molar-refractivity contribution in [1.82, 2.24) is 5.32 Å². The van der Waals surface area contributed by atoms with Gasteiger partial charge in [-0.1, -0.05) is 264 Å². The fourth-order valence-electron chi connectivity index (χ4n) is 12.1. The van der Waals surface area contributed by atoms with Crippen LogP contribution in [0.3, 0.4) is 0 Å². The first-order chi connectivity index (χ1) is 41.8. The maximum absolute atomic E-state index is 13.3. The summed E-state index contributed by atoms with van der Waals surface area (Å²) in [4.78, 5) is 13.3. The minimum Gasteiger partial charge on any atom is -0.394 e. The number of nitrogens with one attached hydrogen (secondary N) is 1. The molecule has 0 bridgehead atoms. The molecule has 17 unspecified atom stereocenters. The zero-order chi connectivity index (χ0) is 62.6. The van der Waals surface area contributed by atoms with E-state index in [0.717, 1.165) is 44.9 Å². The summed E-state index contributed by atoms with van der Waals surface area (Å²) in [6, 6.07) is -0.968. The highest BCUT2D eigenvalue weighted by Gasteiger charge is 2.53. The Morgan fingerprint density at radius 3 is 1.09 bits per heavy atom. The Balaban J connectivity index is 1.40. The predicted octanol–water partition coefficient (Wildman–Crippen LogP) is 8.89. The second-order valence-electron chi connectivity index (χ2n) is 25.4. The number of ether oxygens (including phenoxy) is 6. The number of hydrogen-bond donors (Lipinski definition) is 12. The SMILES string of the molecule is CCCCCCCCCCCCCCCCCCCCCCCCCCCC/C=C/C(O)C(COC1OC(CO)C(OC2OC(CO)C(OC3OC(CO)C(O)C(O)C3O)C(O)C2O)C(O)C1O)NC(=O)CCCCCCCCCCCCCCC. The molecule has 3 fully saturated rings. The standard InChI is InChI=1S/C67H127NO18/c1-3-5-7-9-11-13-15-17-18-19-20-21-22-23-24-25-26-27-28-29-30-31-33-34-36-38-40-42-44-51(72)50(68-55(73)45-43-41-39-37-35-32-16-14-12-10-8-6-4-2)49-81-65-61(79)58(76)63(53(47-70)83-65)86-67-62(80)59(77)64(54(48-71)84-67)85-66-60(78)57(75)56(74)52(46-69)82-66/h42,44,50-54,56-67,69-72,74-80H,3-41,43,45-49H2,1-2H3,(H,68,73)/b44-42+. The normalized spacial score (nSPS) is 28.8. The summed E-state index contributed by atoms with van der Waals surface area (Å²) in [5.74, 6) is -0.272. The third-order valence-corrected chi connectivity index (χ3v) is 17.8. The van der Waals surface area contributed by atoms with E-state index in [1.54, 1.807) is 6.08 Å². The Morgan fingerprint density at radius 1 is 0.407 bits per heavy atom. The lowest BCUT2D eigenvalue weighted by Gasteiger charge is -2.48. The zero-order valence-electron chi connectivity index (χ0n) is 53.6. The summed E-state index contributed by atoms with van der Waals surface area (Å²) >= 11 is 0. The Bertz CT molecular complexity index is 1620. The van der Waals surface area contributed by atoms with Crippen LogP contribution in [0.15, 0.2) is 12.2 Å². The van der Waals surface area contributed by atoms with E-state index in [1.807, 2.05) is 6.08 Å². The highest BCUT2D eigenvalue weighted by atomic mass is 16.8. The molecule has 12 N–H and O–H groups in total. The van der Waals surface area contributed by atoms with Gasteiger partial charge in [0.25, 0.3) is 0 Å². The van der Waals surface area contributed by atoms with Gasteiger partial charge in [0.2, 0.25) is 5.91 Å². The first-order valence-corrected chi connectivity index (χ1v) is 34.9. The van der Waals surface area contributed by atoms with Crippen molar-refractivity contribution in [2.45, 2.75) is 381 Å². The van der Waals surface area contributed by atoms with E-state index in [9.17, 15) is 61.0 Å². The van der Waals surface area contributed by atoms with Crippen LogP contribution in [-0.2, 0) is 33.2 Å². The molecule has 0 saturated carbocycles. The molecule has 3 aliphatic heterocycles. The summed E-state index contributed by atoms with van der Waals surface area (Å²) in [6.45, 7) is 1.76. The van der Waals surface area contributed by atoms with Gasteiger partial charge in [0.1, 0.15) is 73.2 Å². The van der Waals surface area contributed by atoms with Crippen LogP contribution < -0.4 is 5.32 Å². The van der Waals surface area contributed by atoms with E-state index in [0.29, 0.717) is 6.42 Å². The molecule has 508 valence electrons. The molecule has 19 nitrogen and oxygen atoms in total. The van der Waals surface area contributed by atoms with Gasteiger partial charge >= 0.3 is 0 Å². The van der Waals surface area contributed by atoms with Crippen molar-refractivity contribution in [3.63, 3.8) is 0 Å². The Labute approximate surface area is 518 Å². The summed E-state index contributed by atoms with van der Waals surface area (Å²) < 4.78 is 34.3. The molecular formula is C67H127NO18. The van der Waals surface area contributed by atoms with Crippen molar-refractivity contribution in [1.29, 1.82) is 0 Å². The third-order valence-electron chi connectivity index (χ3n) is 17.8. The first-order valence-electron chi connectivity index (χ1n) is 34.9. The van der Waals surface area contributed by atoms with Gasteiger partial charge in [-0.2, -0.15) is 0 Å². The number of hydrogen-bond acceptors (Lipinski definition) is 18. The van der Waals surface area contributed by atoms with E-state index >= 15 is 0 Å². The molecule has 0 aliphatic carbocycles. The van der Waals surface area contributed by atoms with E-state index in [-0.39, 0.29) is 18.9 Å². The van der Waals surface area contributed by atoms with Crippen molar-refractivity contribution >= 4 is 5.91 Å². The lowest BCUT2D eigenvalue weighted by molar-refractivity contribution is -0.379. The summed E-state index contributed by atoms with van der Waals surface area (Å²) in [6.07, 6.45) is 27.8. The molecule has 3 rings (SSSR count). The van der Waals surface area contributed by atoms with Crippen LogP contribution in [-0.4, -0.2) is 193 Å². The number of amides is 1. The Kier molecular flexibility index (Phi) is 45.9. The molecule has 0 radical (unpaired) electrons. The van der Waals surface area contributed by atoms with Crippen molar-refractivity contribution in [3.8, 4) is 0 Å². The smallest absolute Gasteiger partial charge is 0.220 e. The summed E-state index contributed by atoms with van der Waals surface area (Å²) in [7, 11) is 0. The molecule has 86 heavy (non-hydrogen) atoms. The van der Waals surface area contributed by atoms with Gasteiger partial charge in [0.15, 0.2) is 18.9 Å². The first kappa shape index (κ1) is 78.8. The molecule has 3 aliphatic rings. The van der Waals surface area contributed by atoms with Crippen LogP contribution in [0, 0.1) is 0 Å². The topological polar surface area (TPSA) is 307 Å². The van der Waals surface area contributed by atoms with Crippen LogP contribution in [0.2, 0.25) is 0 Å². The summed E-state index contributed by atoms with van der Waals surface area (Å²) in [5, 5.41) is 120. The molecular weight excluding hydrogens is 1110 g/mol. The molecule has 0 aromatic heterocycles. The van der Waals surface area contributed by atoms with E-state index < -0.39 is 124 Å². The summed E-state index contributed by atoms with van der Waals surface area (Å²) in [5.41, 5.74) is 0. The van der Waals surface area contributed by atoms with E-state index in [2.05, 4.69) is 19.2 Å². The molecule has 19 heteroatoms. The molecule has 0 aromatic rings. The average Bonchev–Trinajstić information content (AvgIpc) is 1.27. The maximum Gasteiger partial charge on any atom is 0.220 e. The van der Waals surface area contributed by atoms with Crippen LogP contribution in [0.4, 0.5) is 0 Å². The monoisotopic (exact) mass is 1230 g/mol. The number of carbonyl (C=O) groups is 1. The Morgan fingerprint density at radius 2 is 0.721 bits per heavy atom. The number of aliphatic hydroxyl groups is 11. The van der Waals surface area contributed by atoms with E-state index in [4.69, 9.17) is 28.4 Å². The van der Waals surface area contributed by atoms with E-state index in [1.165, 1.54) is 205 Å². The quantitative estimate of drug-likeness (QED) is 0.0200. The molecule has 3 heterocycles. The number of aliphatic hydroxyl groups excluding tert-OH is 11. The van der Waals surface area contributed by atoms with Crippen LogP contribution >= 0.6 is 0 Å². The van der Waals surface area contributed by atoms with Gasteiger partial charge < -0.3 is 89.9 Å². The number of carbonyl (C=O) groups excluding carboxylic acids is 1.